The lowest BCUT2D eigenvalue weighted by molar-refractivity contribution is 0.103. The monoisotopic (exact) mass is 273 g/mol. The van der Waals surface area contributed by atoms with Gasteiger partial charge in [0, 0.05) is 11.3 Å². The Morgan fingerprint density at radius 2 is 1.95 bits per heavy atom. The van der Waals surface area contributed by atoms with Crippen LogP contribution in [0.5, 0.6) is 0 Å². The summed E-state index contributed by atoms with van der Waals surface area (Å²) in [4.78, 5) is 12.5. The molecule has 0 aliphatic carbocycles. The van der Waals surface area contributed by atoms with E-state index in [4.69, 9.17) is 22.1 Å². The Labute approximate surface area is 115 Å². The molecule has 4 heteroatoms. The molecule has 96 valence electrons. The minimum absolute atomic E-state index is 0.155. The maximum absolute atomic E-state index is 12.5. The van der Waals surface area contributed by atoms with Crippen LogP contribution in [0, 0.1) is 0 Å². The number of ketones is 1. The van der Waals surface area contributed by atoms with E-state index in [2.05, 4.69) is 0 Å². The van der Waals surface area contributed by atoms with Gasteiger partial charge in [-0.1, -0.05) is 29.8 Å². The summed E-state index contributed by atoms with van der Waals surface area (Å²) < 4.78 is 5.34. The molecule has 0 bridgehead atoms. The van der Waals surface area contributed by atoms with E-state index in [0.717, 1.165) is 11.1 Å². The Bertz CT molecular complexity index is 647. The summed E-state index contributed by atoms with van der Waals surface area (Å²) in [7, 11) is 0. The fourth-order valence-corrected chi connectivity index (χ4v) is 2.51. The number of ether oxygens (including phenoxy) is 1. The second-order valence-corrected chi connectivity index (χ2v) is 4.92. The number of nitrogens with two attached hydrogens (primary N) is 1. The van der Waals surface area contributed by atoms with Crippen LogP contribution in [-0.2, 0) is 18.0 Å². The molecule has 0 radical (unpaired) electrons. The van der Waals surface area contributed by atoms with Crippen LogP contribution < -0.4 is 5.73 Å². The van der Waals surface area contributed by atoms with Gasteiger partial charge in [-0.15, -0.1) is 0 Å². The predicted molar refractivity (Wildman–Crippen MR) is 74.2 cm³/mol. The van der Waals surface area contributed by atoms with Gasteiger partial charge in [0.1, 0.15) is 0 Å². The third-order valence-electron chi connectivity index (χ3n) is 3.26. The third kappa shape index (κ3) is 2.11. The highest BCUT2D eigenvalue weighted by Crippen LogP contribution is 2.27. The van der Waals surface area contributed by atoms with Gasteiger partial charge < -0.3 is 10.5 Å². The van der Waals surface area contributed by atoms with Crippen LogP contribution in [0.2, 0.25) is 5.02 Å². The molecule has 0 amide bonds. The number of carbonyl (C=O) groups excluding carboxylic acids is 1. The molecule has 2 aromatic carbocycles. The molecule has 0 fully saturated rings. The SMILES string of the molecule is Nc1cccc(Cl)c1C(=O)c1ccc2c(c1)COC2. The first-order valence-electron chi connectivity index (χ1n) is 5.95. The topological polar surface area (TPSA) is 52.3 Å². The number of fused-ring (bicyclic) bond motifs is 1. The number of halogens is 1. The van der Waals surface area contributed by atoms with Crippen LogP contribution in [0.4, 0.5) is 5.69 Å². The summed E-state index contributed by atoms with van der Waals surface area (Å²) in [6, 6.07) is 10.6. The average Bonchev–Trinajstić information content (AvgIpc) is 2.85. The number of anilines is 1. The molecule has 3 nitrogen and oxygen atoms in total. The van der Waals surface area contributed by atoms with Gasteiger partial charge >= 0.3 is 0 Å². The molecule has 19 heavy (non-hydrogen) atoms. The minimum atomic E-state index is -0.155. The van der Waals surface area contributed by atoms with Crippen LogP contribution >= 0.6 is 11.6 Å². The van der Waals surface area contributed by atoms with Gasteiger partial charge in [-0.2, -0.15) is 0 Å². The lowest BCUT2D eigenvalue weighted by atomic mass is 9.98. The molecule has 0 saturated heterocycles. The van der Waals surface area contributed by atoms with E-state index < -0.39 is 0 Å². The fourth-order valence-electron chi connectivity index (χ4n) is 2.24. The van der Waals surface area contributed by atoms with Crippen LogP contribution in [0.15, 0.2) is 36.4 Å². The Morgan fingerprint density at radius 3 is 2.74 bits per heavy atom. The number of hydrogen-bond donors (Lipinski definition) is 1. The number of benzene rings is 2. The van der Waals surface area contributed by atoms with Gasteiger partial charge in [-0.3, -0.25) is 4.79 Å². The summed E-state index contributed by atoms with van der Waals surface area (Å²) in [5.41, 5.74) is 9.37. The van der Waals surface area contributed by atoms with Crippen molar-refractivity contribution in [2.24, 2.45) is 0 Å². The van der Waals surface area contributed by atoms with Gasteiger partial charge in [0.15, 0.2) is 5.78 Å². The molecule has 2 N–H and O–H groups in total. The van der Waals surface area contributed by atoms with Gasteiger partial charge in [0.05, 0.1) is 23.8 Å². The van der Waals surface area contributed by atoms with Crippen LogP contribution in [0.25, 0.3) is 0 Å². The highest BCUT2D eigenvalue weighted by Gasteiger charge is 2.19. The highest BCUT2D eigenvalue weighted by molar-refractivity contribution is 6.35. The smallest absolute Gasteiger partial charge is 0.196 e. The molecule has 0 saturated carbocycles. The zero-order valence-corrected chi connectivity index (χ0v) is 10.9. The lowest BCUT2D eigenvalue weighted by Gasteiger charge is -2.08. The molecule has 1 heterocycles. The third-order valence-corrected chi connectivity index (χ3v) is 3.57. The van der Waals surface area contributed by atoms with Crippen LogP contribution in [0.3, 0.4) is 0 Å². The molecule has 3 rings (SSSR count). The molecular weight excluding hydrogens is 262 g/mol. The Kier molecular flexibility index (Phi) is 3.01. The summed E-state index contributed by atoms with van der Waals surface area (Å²) in [5.74, 6) is -0.155. The number of carbonyl (C=O) groups is 1. The van der Waals surface area contributed by atoms with E-state index in [0.29, 0.717) is 35.1 Å². The van der Waals surface area contributed by atoms with Crippen LogP contribution in [-0.4, -0.2) is 5.78 Å². The Morgan fingerprint density at radius 1 is 1.16 bits per heavy atom. The summed E-state index contributed by atoms with van der Waals surface area (Å²) in [5, 5.41) is 0.377. The zero-order valence-electron chi connectivity index (χ0n) is 10.2. The van der Waals surface area contributed by atoms with Crippen molar-refractivity contribution in [3.63, 3.8) is 0 Å². The summed E-state index contributed by atoms with van der Waals surface area (Å²) in [6.07, 6.45) is 0. The molecule has 0 atom stereocenters. The zero-order chi connectivity index (χ0) is 13.4. The molecule has 0 unspecified atom stereocenters. The van der Waals surface area contributed by atoms with Crippen molar-refractivity contribution in [2.75, 3.05) is 5.73 Å². The van der Waals surface area contributed by atoms with Gasteiger partial charge in [0.2, 0.25) is 0 Å². The van der Waals surface area contributed by atoms with Gasteiger partial charge in [-0.05, 0) is 29.3 Å². The molecule has 1 aliphatic rings. The van der Waals surface area contributed by atoms with Gasteiger partial charge in [-0.25, -0.2) is 0 Å². The van der Waals surface area contributed by atoms with E-state index >= 15 is 0 Å². The van der Waals surface area contributed by atoms with Crippen molar-refractivity contribution in [3.8, 4) is 0 Å². The van der Waals surface area contributed by atoms with E-state index in [-0.39, 0.29) is 5.78 Å². The fraction of sp³-hybridized carbons (Fsp3) is 0.133. The second-order valence-electron chi connectivity index (χ2n) is 4.51. The van der Waals surface area contributed by atoms with Crippen molar-refractivity contribution >= 4 is 23.1 Å². The highest BCUT2D eigenvalue weighted by atomic mass is 35.5. The quantitative estimate of drug-likeness (QED) is 0.675. The maximum atomic E-state index is 12.5. The van der Waals surface area contributed by atoms with Crippen molar-refractivity contribution in [1.82, 2.24) is 0 Å². The Hall–Kier alpha value is -1.84. The van der Waals surface area contributed by atoms with Crippen molar-refractivity contribution in [2.45, 2.75) is 13.2 Å². The lowest BCUT2D eigenvalue weighted by Crippen LogP contribution is -2.06. The van der Waals surface area contributed by atoms with E-state index in [1.807, 2.05) is 12.1 Å². The second kappa shape index (κ2) is 4.68. The first-order chi connectivity index (χ1) is 9.16. The predicted octanol–water partition coefficient (Wildman–Crippen LogP) is 3.18. The molecule has 0 spiro atoms. The van der Waals surface area contributed by atoms with Crippen molar-refractivity contribution < 1.29 is 9.53 Å². The van der Waals surface area contributed by atoms with Crippen molar-refractivity contribution in [1.29, 1.82) is 0 Å². The Balaban J connectivity index is 2.05. The molecular formula is C15H12ClNO2. The standard InChI is InChI=1S/C15H12ClNO2/c16-12-2-1-3-13(17)14(12)15(18)9-4-5-10-7-19-8-11(10)6-9/h1-6H,7-8,17H2. The summed E-state index contributed by atoms with van der Waals surface area (Å²) in [6.45, 7) is 1.16. The maximum Gasteiger partial charge on any atom is 0.196 e. The molecule has 2 aromatic rings. The first-order valence-corrected chi connectivity index (χ1v) is 6.33. The van der Waals surface area contributed by atoms with E-state index in [9.17, 15) is 4.79 Å². The molecule has 1 aliphatic heterocycles. The van der Waals surface area contributed by atoms with E-state index in [1.54, 1.807) is 24.3 Å². The first kappa shape index (κ1) is 12.2. The van der Waals surface area contributed by atoms with Crippen LogP contribution in [0.1, 0.15) is 27.0 Å². The van der Waals surface area contributed by atoms with Crippen molar-refractivity contribution in [3.05, 3.63) is 63.7 Å². The number of nitrogen functional groups attached to an aromatic ring is 1. The summed E-state index contributed by atoms with van der Waals surface area (Å²) >= 11 is 6.07. The molecule has 0 aromatic heterocycles. The number of hydrogen-bond acceptors (Lipinski definition) is 3. The van der Waals surface area contributed by atoms with Gasteiger partial charge in [0.25, 0.3) is 0 Å². The number of rotatable bonds is 2. The average molecular weight is 274 g/mol. The largest absolute Gasteiger partial charge is 0.398 e. The normalized spacial score (nSPS) is 13.3. The minimum Gasteiger partial charge on any atom is -0.398 e. The van der Waals surface area contributed by atoms with E-state index in [1.165, 1.54) is 0 Å².